The highest BCUT2D eigenvalue weighted by Gasteiger charge is 2.08. The molecule has 1 heterocycles. The van der Waals surface area contributed by atoms with Gasteiger partial charge in [0.2, 0.25) is 0 Å². The average molecular weight is 272 g/mol. The summed E-state index contributed by atoms with van der Waals surface area (Å²) in [7, 11) is 1.69. The zero-order valence-corrected chi connectivity index (χ0v) is 11.9. The van der Waals surface area contributed by atoms with Crippen LogP contribution in [0.4, 0.5) is 17.3 Å². The van der Waals surface area contributed by atoms with Gasteiger partial charge in [-0.25, -0.2) is 9.97 Å². The Morgan fingerprint density at radius 3 is 2.90 bits per heavy atom. The summed E-state index contributed by atoms with van der Waals surface area (Å²) < 4.78 is 5.14. The monoisotopic (exact) mass is 272 g/mol. The molecule has 3 N–H and O–H groups in total. The summed E-state index contributed by atoms with van der Waals surface area (Å²) in [6, 6.07) is 8.04. The summed E-state index contributed by atoms with van der Waals surface area (Å²) in [5, 5.41) is 3.31. The van der Waals surface area contributed by atoms with Gasteiger partial charge in [-0.2, -0.15) is 0 Å². The number of anilines is 3. The van der Waals surface area contributed by atoms with Crippen LogP contribution >= 0.6 is 0 Å². The fourth-order valence-corrected chi connectivity index (χ4v) is 2.07. The minimum absolute atomic E-state index is 0.539. The SMILES string of the molecule is CCCc1c(N)ncnc1Nc1cccc(COC)c1. The number of hydrogen-bond acceptors (Lipinski definition) is 5. The number of nitrogens with one attached hydrogen (secondary N) is 1. The number of nitrogen functional groups attached to an aromatic ring is 1. The minimum atomic E-state index is 0.539. The van der Waals surface area contributed by atoms with Crippen LogP contribution in [0.1, 0.15) is 24.5 Å². The van der Waals surface area contributed by atoms with Crippen molar-refractivity contribution in [3.63, 3.8) is 0 Å². The summed E-state index contributed by atoms with van der Waals surface area (Å²) in [6.45, 7) is 2.69. The fourth-order valence-electron chi connectivity index (χ4n) is 2.07. The summed E-state index contributed by atoms with van der Waals surface area (Å²) in [4.78, 5) is 8.35. The van der Waals surface area contributed by atoms with Crippen molar-refractivity contribution in [2.75, 3.05) is 18.2 Å². The van der Waals surface area contributed by atoms with E-state index >= 15 is 0 Å². The maximum atomic E-state index is 5.93. The van der Waals surface area contributed by atoms with Gasteiger partial charge in [-0.3, -0.25) is 0 Å². The molecule has 0 spiro atoms. The van der Waals surface area contributed by atoms with E-state index in [9.17, 15) is 0 Å². The Bertz CT molecular complexity index is 572. The summed E-state index contributed by atoms with van der Waals surface area (Å²) >= 11 is 0. The molecule has 0 saturated carbocycles. The molecule has 2 rings (SSSR count). The number of benzene rings is 1. The third kappa shape index (κ3) is 3.45. The topological polar surface area (TPSA) is 73.1 Å². The number of aromatic nitrogens is 2. The molecule has 0 aliphatic carbocycles. The summed E-state index contributed by atoms with van der Waals surface area (Å²) in [6.07, 6.45) is 3.33. The van der Waals surface area contributed by atoms with Gasteiger partial charge in [0.15, 0.2) is 0 Å². The molecule has 0 amide bonds. The molecule has 0 unspecified atom stereocenters. The predicted octanol–water partition coefficient (Wildman–Crippen LogP) is 2.90. The molecule has 0 atom stereocenters. The van der Waals surface area contributed by atoms with Crippen molar-refractivity contribution in [1.82, 2.24) is 9.97 Å². The number of methoxy groups -OCH3 is 1. The standard InChI is InChI=1S/C15H20N4O/c1-3-5-13-14(16)17-10-18-15(13)19-12-7-4-6-11(8-12)9-20-2/h4,6-8,10H,3,5,9H2,1-2H3,(H3,16,17,18,19). The number of nitrogens with two attached hydrogens (primary N) is 1. The van der Waals surface area contributed by atoms with Crippen LogP contribution in [0.5, 0.6) is 0 Å². The molecular weight excluding hydrogens is 252 g/mol. The number of hydrogen-bond donors (Lipinski definition) is 2. The largest absolute Gasteiger partial charge is 0.383 e. The van der Waals surface area contributed by atoms with Crippen LogP contribution in [-0.4, -0.2) is 17.1 Å². The lowest BCUT2D eigenvalue weighted by Crippen LogP contribution is -2.05. The third-order valence-corrected chi connectivity index (χ3v) is 2.98. The fraction of sp³-hybridized carbons (Fsp3) is 0.333. The van der Waals surface area contributed by atoms with E-state index in [4.69, 9.17) is 10.5 Å². The second kappa shape index (κ2) is 6.86. The van der Waals surface area contributed by atoms with E-state index in [1.165, 1.54) is 6.33 Å². The lowest BCUT2D eigenvalue weighted by Gasteiger charge is -2.12. The van der Waals surface area contributed by atoms with E-state index in [-0.39, 0.29) is 0 Å². The van der Waals surface area contributed by atoms with Crippen LogP contribution in [0.25, 0.3) is 0 Å². The van der Waals surface area contributed by atoms with E-state index < -0.39 is 0 Å². The van der Waals surface area contributed by atoms with Gasteiger partial charge in [0.1, 0.15) is 18.0 Å². The van der Waals surface area contributed by atoms with Gasteiger partial charge in [0.25, 0.3) is 0 Å². The van der Waals surface area contributed by atoms with E-state index in [0.717, 1.165) is 35.5 Å². The highest BCUT2D eigenvalue weighted by molar-refractivity contribution is 5.64. The smallest absolute Gasteiger partial charge is 0.139 e. The molecule has 106 valence electrons. The lowest BCUT2D eigenvalue weighted by molar-refractivity contribution is 0.185. The van der Waals surface area contributed by atoms with Gasteiger partial charge >= 0.3 is 0 Å². The van der Waals surface area contributed by atoms with Crippen molar-refractivity contribution >= 4 is 17.3 Å². The number of nitrogens with zero attached hydrogens (tertiary/aromatic N) is 2. The van der Waals surface area contributed by atoms with Crippen LogP contribution < -0.4 is 11.1 Å². The zero-order valence-electron chi connectivity index (χ0n) is 11.9. The highest BCUT2D eigenvalue weighted by Crippen LogP contribution is 2.23. The van der Waals surface area contributed by atoms with Gasteiger partial charge < -0.3 is 15.8 Å². The Hall–Kier alpha value is -2.14. The highest BCUT2D eigenvalue weighted by atomic mass is 16.5. The van der Waals surface area contributed by atoms with Gasteiger partial charge in [-0.1, -0.05) is 25.5 Å². The maximum Gasteiger partial charge on any atom is 0.139 e. The van der Waals surface area contributed by atoms with Crippen molar-refractivity contribution < 1.29 is 4.74 Å². The van der Waals surface area contributed by atoms with E-state index in [1.54, 1.807) is 7.11 Å². The van der Waals surface area contributed by atoms with Gasteiger partial charge in [-0.15, -0.1) is 0 Å². The molecule has 20 heavy (non-hydrogen) atoms. The summed E-state index contributed by atoms with van der Waals surface area (Å²) in [5.74, 6) is 1.31. The molecule has 1 aromatic heterocycles. The minimum Gasteiger partial charge on any atom is -0.383 e. The predicted molar refractivity (Wildman–Crippen MR) is 80.9 cm³/mol. The number of ether oxygens (including phenoxy) is 1. The Morgan fingerprint density at radius 1 is 1.30 bits per heavy atom. The third-order valence-electron chi connectivity index (χ3n) is 2.98. The van der Waals surface area contributed by atoms with Gasteiger partial charge in [0.05, 0.1) is 6.61 Å². The quantitative estimate of drug-likeness (QED) is 0.846. The van der Waals surface area contributed by atoms with E-state index in [2.05, 4.69) is 22.2 Å². The van der Waals surface area contributed by atoms with Crippen molar-refractivity contribution in [1.29, 1.82) is 0 Å². The Morgan fingerprint density at radius 2 is 2.15 bits per heavy atom. The first-order chi connectivity index (χ1) is 9.74. The molecule has 0 bridgehead atoms. The molecule has 5 heteroatoms. The second-order valence-corrected chi connectivity index (χ2v) is 4.59. The van der Waals surface area contributed by atoms with Crippen molar-refractivity contribution in [2.45, 2.75) is 26.4 Å². The Kier molecular flexibility index (Phi) is 4.90. The van der Waals surface area contributed by atoms with E-state index in [0.29, 0.717) is 12.4 Å². The molecule has 0 radical (unpaired) electrons. The molecule has 5 nitrogen and oxygen atoms in total. The van der Waals surface area contributed by atoms with Crippen molar-refractivity contribution in [3.8, 4) is 0 Å². The van der Waals surface area contributed by atoms with Crippen LogP contribution in [0.15, 0.2) is 30.6 Å². The van der Waals surface area contributed by atoms with Gasteiger partial charge in [0, 0.05) is 18.4 Å². The molecule has 1 aromatic carbocycles. The molecular formula is C15H20N4O. The average Bonchev–Trinajstić information content (AvgIpc) is 2.44. The van der Waals surface area contributed by atoms with Crippen LogP contribution in [0.2, 0.25) is 0 Å². The molecule has 0 aliphatic rings. The van der Waals surface area contributed by atoms with Crippen molar-refractivity contribution in [2.24, 2.45) is 0 Å². The first-order valence-corrected chi connectivity index (χ1v) is 6.68. The Balaban J connectivity index is 2.25. The Labute approximate surface area is 119 Å². The van der Waals surface area contributed by atoms with Crippen LogP contribution in [0, 0.1) is 0 Å². The summed E-state index contributed by atoms with van der Waals surface area (Å²) in [5.41, 5.74) is 8.97. The molecule has 0 aliphatic heterocycles. The van der Waals surface area contributed by atoms with Crippen LogP contribution in [-0.2, 0) is 17.8 Å². The molecule has 0 saturated heterocycles. The lowest BCUT2D eigenvalue weighted by atomic mass is 10.1. The zero-order chi connectivity index (χ0) is 14.4. The molecule has 0 fully saturated rings. The van der Waals surface area contributed by atoms with E-state index in [1.807, 2.05) is 24.3 Å². The first-order valence-electron chi connectivity index (χ1n) is 6.68. The first kappa shape index (κ1) is 14.3. The normalized spacial score (nSPS) is 10.5. The second-order valence-electron chi connectivity index (χ2n) is 4.59. The van der Waals surface area contributed by atoms with Gasteiger partial charge in [-0.05, 0) is 24.1 Å². The van der Waals surface area contributed by atoms with Crippen LogP contribution in [0.3, 0.4) is 0 Å². The van der Waals surface area contributed by atoms with Crippen molar-refractivity contribution in [3.05, 3.63) is 41.7 Å². The maximum absolute atomic E-state index is 5.93. The number of rotatable bonds is 6. The molecule has 2 aromatic rings.